The number of anilines is 1. The molecule has 0 saturated heterocycles. The number of carboxylic acid groups (broad SMARTS) is 1. The average molecular weight is 261 g/mol. The first-order chi connectivity index (χ1) is 9.18. The highest BCUT2D eigenvalue weighted by molar-refractivity contribution is 5.95. The van der Waals surface area contributed by atoms with Crippen LogP contribution in [0.25, 0.3) is 0 Å². The fourth-order valence-electron chi connectivity index (χ4n) is 2.98. The second kappa shape index (κ2) is 6.60. The van der Waals surface area contributed by atoms with E-state index in [0.29, 0.717) is 5.56 Å². The lowest BCUT2D eigenvalue weighted by Gasteiger charge is -2.14. The lowest BCUT2D eigenvalue weighted by Crippen LogP contribution is -2.10. The number of rotatable bonds is 6. The van der Waals surface area contributed by atoms with Crippen LogP contribution in [-0.2, 0) is 0 Å². The molecule has 0 bridgehead atoms. The third-order valence-corrected chi connectivity index (χ3v) is 4.07. The van der Waals surface area contributed by atoms with Gasteiger partial charge in [0.2, 0.25) is 0 Å². The molecule has 3 heteroatoms. The number of hydrogen-bond donors (Lipinski definition) is 2. The molecule has 1 aromatic carbocycles. The summed E-state index contributed by atoms with van der Waals surface area (Å²) in [6.07, 6.45) is 7.92. The van der Waals surface area contributed by atoms with Crippen LogP contribution in [0.1, 0.15) is 54.4 Å². The van der Waals surface area contributed by atoms with E-state index < -0.39 is 5.97 Å². The first-order valence-electron chi connectivity index (χ1n) is 7.25. The van der Waals surface area contributed by atoms with E-state index >= 15 is 0 Å². The molecule has 19 heavy (non-hydrogen) atoms. The molecule has 0 atom stereocenters. The predicted octanol–water partition coefficient (Wildman–Crippen LogP) is 4.08. The van der Waals surface area contributed by atoms with Crippen LogP contribution in [0.3, 0.4) is 0 Å². The van der Waals surface area contributed by atoms with E-state index in [4.69, 9.17) is 0 Å². The Bertz CT molecular complexity index is 436. The Balaban J connectivity index is 1.86. The van der Waals surface area contributed by atoms with Crippen molar-refractivity contribution in [2.45, 2.75) is 45.4 Å². The van der Waals surface area contributed by atoms with Crippen LogP contribution in [0.4, 0.5) is 5.69 Å². The lowest BCUT2D eigenvalue weighted by molar-refractivity contribution is 0.0698. The van der Waals surface area contributed by atoms with E-state index in [0.717, 1.165) is 30.1 Å². The molecule has 0 spiro atoms. The number of aryl methyl sites for hydroxylation is 1. The Hall–Kier alpha value is -1.51. The number of para-hydroxylation sites is 1. The molecule has 0 aliphatic heterocycles. The monoisotopic (exact) mass is 261 g/mol. The Morgan fingerprint density at radius 2 is 2.11 bits per heavy atom. The maximum Gasteiger partial charge on any atom is 0.337 e. The Labute approximate surface area is 115 Å². The maximum absolute atomic E-state index is 11.2. The number of aromatic carboxylic acids is 1. The molecule has 0 heterocycles. The standard InChI is InChI=1S/C16H23NO2/c1-12-6-4-10-14(16(18)19)15(12)17-11-5-9-13-7-2-3-8-13/h4,6,10,13,17H,2-3,5,7-9,11H2,1H3,(H,18,19). The van der Waals surface area contributed by atoms with E-state index in [1.54, 1.807) is 12.1 Å². The summed E-state index contributed by atoms with van der Waals surface area (Å²) in [6, 6.07) is 5.41. The van der Waals surface area contributed by atoms with Gasteiger partial charge in [-0.25, -0.2) is 4.79 Å². The minimum atomic E-state index is -0.859. The molecule has 1 aliphatic rings. The Morgan fingerprint density at radius 3 is 2.79 bits per heavy atom. The summed E-state index contributed by atoms with van der Waals surface area (Å²) in [4.78, 5) is 11.2. The molecule has 0 radical (unpaired) electrons. The highest BCUT2D eigenvalue weighted by Gasteiger charge is 2.15. The molecule has 104 valence electrons. The number of carbonyl (C=O) groups is 1. The predicted molar refractivity (Wildman–Crippen MR) is 77.8 cm³/mol. The second-order valence-electron chi connectivity index (χ2n) is 5.52. The first kappa shape index (κ1) is 13.9. The SMILES string of the molecule is Cc1cccc(C(=O)O)c1NCCCC1CCCC1. The van der Waals surface area contributed by atoms with Gasteiger partial charge < -0.3 is 10.4 Å². The van der Waals surface area contributed by atoms with Crippen molar-refractivity contribution < 1.29 is 9.90 Å². The van der Waals surface area contributed by atoms with Crippen molar-refractivity contribution in [2.24, 2.45) is 5.92 Å². The van der Waals surface area contributed by atoms with Gasteiger partial charge in [-0.05, 0) is 37.3 Å². The minimum Gasteiger partial charge on any atom is -0.478 e. The summed E-state index contributed by atoms with van der Waals surface area (Å²) >= 11 is 0. The number of nitrogens with one attached hydrogen (secondary N) is 1. The zero-order valence-electron chi connectivity index (χ0n) is 11.6. The van der Waals surface area contributed by atoms with Gasteiger partial charge in [0.1, 0.15) is 0 Å². The van der Waals surface area contributed by atoms with E-state index in [2.05, 4.69) is 5.32 Å². The Morgan fingerprint density at radius 1 is 1.37 bits per heavy atom. The van der Waals surface area contributed by atoms with Crippen molar-refractivity contribution >= 4 is 11.7 Å². The molecule has 0 aromatic heterocycles. The highest BCUT2D eigenvalue weighted by Crippen LogP contribution is 2.28. The zero-order chi connectivity index (χ0) is 13.7. The van der Waals surface area contributed by atoms with Gasteiger partial charge in [-0.2, -0.15) is 0 Å². The van der Waals surface area contributed by atoms with Crippen molar-refractivity contribution in [3.8, 4) is 0 Å². The van der Waals surface area contributed by atoms with E-state index in [-0.39, 0.29) is 0 Å². The van der Waals surface area contributed by atoms with Gasteiger partial charge in [0.25, 0.3) is 0 Å². The zero-order valence-corrected chi connectivity index (χ0v) is 11.6. The fraction of sp³-hybridized carbons (Fsp3) is 0.562. The van der Waals surface area contributed by atoms with Gasteiger partial charge in [-0.15, -0.1) is 0 Å². The molecule has 1 saturated carbocycles. The van der Waals surface area contributed by atoms with Crippen LogP contribution in [0.2, 0.25) is 0 Å². The van der Waals surface area contributed by atoms with E-state index in [1.165, 1.54) is 32.1 Å². The number of benzene rings is 1. The van der Waals surface area contributed by atoms with Gasteiger partial charge >= 0.3 is 5.97 Å². The number of hydrogen-bond acceptors (Lipinski definition) is 2. The van der Waals surface area contributed by atoms with Crippen LogP contribution < -0.4 is 5.32 Å². The summed E-state index contributed by atoms with van der Waals surface area (Å²) in [7, 11) is 0. The topological polar surface area (TPSA) is 49.3 Å². The maximum atomic E-state index is 11.2. The van der Waals surface area contributed by atoms with Gasteiger partial charge in [0, 0.05) is 6.54 Å². The van der Waals surface area contributed by atoms with Crippen molar-refractivity contribution in [3.63, 3.8) is 0 Å². The van der Waals surface area contributed by atoms with Crippen molar-refractivity contribution in [1.82, 2.24) is 0 Å². The van der Waals surface area contributed by atoms with Crippen LogP contribution in [0, 0.1) is 12.8 Å². The van der Waals surface area contributed by atoms with E-state index in [1.807, 2.05) is 13.0 Å². The largest absolute Gasteiger partial charge is 0.478 e. The van der Waals surface area contributed by atoms with Crippen LogP contribution >= 0.6 is 0 Å². The van der Waals surface area contributed by atoms with Crippen molar-refractivity contribution in [2.75, 3.05) is 11.9 Å². The first-order valence-corrected chi connectivity index (χ1v) is 7.25. The smallest absolute Gasteiger partial charge is 0.337 e. The average Bonchev–Trinajstić information content (AvgIpc) is 2.88. The molecule has 0 amide bonds. The summed E-state index contributed by atoms with van der Waals surface area (Å²) in [5, 5.41) is 12.5. The van der Waals surface area contributed by atoms with E-state index in [9.17, 15) is 9.90 Å². The molecular weight excluding hydrogens is 238 g/mol. The normalized spacial score (nSPS) is 15.6. The van der Waals surface area contributed by atoms with Crippen molar-refractivity contribution in [3.05, 3.63) is 29.3 Å². The molecular formula is C16H23NO2. The third kappa shape index (κ3) is 3.72. The van der Waals surface area contributed by atoms with Crippen molar-refractivity contribution in [1.29, 1.82) is 0 Å². The molecule has 2 rings (SSSR count). The van der Waals surface area contributed by atoms with Gasteiger partial charge in [0.15, 0.2) is 0 Å². The molecule has 3 nitrogen and oxygen atoms in total. The Kier molecular flexibility index (Phi) is 4.83. The molecule has 2 N–H and O–H groups in total. The highest BCUT2D eigenvalue weighted by atomic mass is 16.4. The quantitative estimate of drug-likeness (QED) is 0.759. The molecule has 1 aromatic rings. The van der Waals surface area contributed by atoms with Gasteiger partial charge in [0.05, 0.1) is 11.3 Å². The summed E-state index contributed by atoms with van der Waals surface area (Å²) in [5.41, 5.74) is 2.16. The summed E-state index contributed by atoms with van der Waals surface area (Å²) in [5.74, 6) is 0.0413. The third-order valence-electron chi connectivity index (χ3n) is 4.07. The summed E-state index contributed by atoms with van der Waals surface area (Å²) < 4.78 is 0. The minimum absolute atomic E-state index is 0.376. The summed E-state index contributed by atoms with van der Waals surface area (Å²) in [6.45, 7) is 2.81. The van der Waals surface area contributed by atoms with Gasteiger partial charge in [-0.3, -0.25) is 0 Å². The number of carboxylic acids is 1. The molecule has 0 unspecified atom stereocenters. The second-order valence-corrected chi connectivity index (χ2v) is 5.52. The van der Waals surface area contributed by atoms with Crippen LogP contribution in [-0.4, -0.2) is 17.6 Å². The van der Waals surface area contributed by atoms with Crippen LogP contribution in [0.15, 0.2) is 18.2 Å². The molecule has 1 fully saturated rings. The fourth-order valence-corrected chi connectivity index (χ4v) is 2.98. The van der Waals surface area contributed by atoms with Crippen LogP contribution in [0.5, 0.6) is 0 Å². The lowest BCUT2D eigenvalue weighted by atomic mass is 10.0. The van der Waals surface area contributed by atoms with Gasteiger partial charge in [-0.1, -0.05) is 37.8 Å². The molecule has 1 aliphatic carbocycles.